The first-order valence-corrected chi connectivity index (χ1v) is 9.21. The number of hydrogen-bond acceptors (Lipinski definition) is 5. The van der Waals surface area contributed by atoms with E-state index < -0.39 is 0 Å². The predicted molar refractivity (Wildman–Crippen MR) is 93.3 cm³/mol. The minimum atomic E-state index is -0.0255. The molecule has 0 aliphatic carbocycles. The number of cyclic esters (lactones) is 1. The van der Waals surface area contributed by atoms with Crippen LogP contribution in [0, 0.1) is 0 Å². The maximum Gasteiger partial charge on any atom is 0.305 e. The summed E-state index contributed by atoms with van der Waals surface area (Å²) in [5, 5.41) is 24.9. The molecule has 0 aromatic rings. The number of esters is 1. The van der Waals surface area contributed by atoms with Crippen LogP contribution < -0.4 is 0 Å². The lowest BCUT2D eigenvalue weighted by Crippen LogP contribution is -2.00. The molecule has 1 rings (SSSR count). The molecule has 1 aliphatic rings. The molecule has 0 saturated carbocycles. The number of rotatable bonds is 9. The molecular formula is C18H38O5. The van der Waals surface area contributed by atoms with E-state index in [4.69, 9.17) is 20.1 Å². The molecule has 0 aromatic carbocycles. The van der Waals surface area contributed by atoms with E-state index in [0.717, 1.165) is 51.4 Å². The molecule has 0 amide bonds. The van der Waals surface area contributed by atoms with Crippen LogP contribution >= 0.6 is 0 Å². The van der Waals surface area contributed by atoms with Gasteiger partial charge in [0.15, 0.2) is 0 Å². The molecular weight excluding hydrogens is 296 g/mol. The first-order valence-electron chi connectivity index (χ1n) is 9.21. The second-order valence-electron chi connectivity index (χ2n) is 5.68. The third-order valence-corrected chi connectivity index (χ3v) is 3.37. The van der Waals surface area contributed by atoms with E-state index in [1.54, 1.807) is 0 Å². The molecule has 0 atom stereocenters. The molecule has 0 radical (unpaired) electrons. The van der Waals surface area contributed by atoms with Crippen LogP contribution in [0.25, 0.3) is 0 Å². The highest BCUT2D eigenvalue weighted by atomic mass is 16.5. The maximum absolute atomic E-state index is 10.5. The Morgan fingerprint density at radius 2 is 1.30 bits per heavy atom. The Morgan fingerprint density at radius 1 is 0.783 bits per heavy atom. The zero-order valence-electron chi connectivity index (χ0n) is 15.0. The van der Waals surface area contributed by atoms with Gasteiger partial charge in [-0.05, 0) is 38.5 Å². The molecule has 140 valence electrons. The van der Waals surface area contributed by atoms with Crippen LogP contribution in [0.3, 0.4) is 0 Å². The van der Waals surface area contributed by atoms with Crippen LogP contribution in [0.4, 0.5) is 0 Å². The summed E-state index contributed by atoms with van der Waals surface area (Å²) in [7, 11) is 0. The van der Waals surface area contributed by atoms with Crippen LogP contribution in [-0.2, 0) is 9.53 Å². The zero-order chi connectivity index (χ0) is 17.6. The van der Waals surface area contributed by atoms with Crippen molar-refractivity contribution >= 4 is 5.97 Å². The lowest BCUT2D eigenvalue weighted by molar-refractivity contribution is -0.142. The molecule has 0 spiro atoms. The van der Waals surface area contributed by atoms with E-state index in [1.807, 2.05) is 0 Å². The minimum Gasteiger partial charge on any atom is -0.466 e. The Balaban J connectivity index is 0. The van der Waals surface area contributed by atoms with Gasteiger partial charge >= 0.3 is 5.97 Å². The van der Waals surface area contributed by atoms with Gasteiger partial charge in [-0.15, -0.1) is 0 Å². The van der Waals surface area contributed by atoms with E-state index in [2.05, 4.69) is 6.92 Å². The molecule has 23 heavy (non-hydrogen) atoms. The number of aliphatic hydroxyl groups excluding tert-OH is 3. The summed E-state index contributed by atoms with van der Waals surface area (Å²) in [5.41, 5.74) is 0. The number of hydrogen-bond donors (Lipinski definition) is 3. The minimum absolute atomic E-state index is 0.0255. The lowest BCUT2D eigenvalue weighted by Gasteiger charge is -1.93. The number of carbonyl (C=O) groups is 1. The van der Waals surface area contributed by atoms with Crippen molar-refractivity contribution in [3.05, 3.63) is 0 Å². The van der Waals surface area contributed by atoms with Gasteiger partial charge in [0, 0.05) is 26.2 Å². The average Bonchev–Trinajstić information content (AvgIpc) is 2.81. The van der Waals surface area contributed by atoms with Gasteiger partial charge in [0.2, 0.25) is 0 Å². The van der Waals surface area contributed by atoms with Crippen molar-refractivity contribution in [1.29, 1.82) is 0 Å². The fraction of sp³-hybridized carbons (Fsp3) is 0.944. The number of carbonyl (C=O) groups excluding carboxylic acids is 1. The van der Waals surface area contributed by atoms with Crippen molar-refractivity contribution in [2.45, 2.75) is 84.0 Å². The molecule has 0 aromatic heterocycles. The smallest absolute Gasteiger partial charge is 0.305 e. The summed E-state index contributed by atoms with van der Waals surface area (Å²) in [4.78, 5) is 10.5. The lowest BCUT2D eigenvalue weighted by atomic mass is 10.2. The van der Waals surface area contributed by atoms with E-state index in [9.17, 15) is 4.79 Å². The molecule has 5 nitrogen and oxygen atoms in total. The molecule has 1 saturated heterocycles. The van der Waals surface area contributed by atoms with Crippen LogP contribution in [0.5, 0.6) is 0 Å². The summed E-state index contributed by atoms with van der Waals surface area (Å²) in [6, 6.07) is 0. The van der Waals surface area contributed by atoms with Crippen molar-refractivity contribution in [3.63, 3.8) is 0 Å². The van der Waals surface area contributed by atoms with Gasteiger partial charge < -0.3 is 20.1 Å². The second-order valence-corrected chi connectivity index (χ2v) is 5.68. The molecule has 5 heteroatoms. The first kappa shape index (κ1) is 24.6. The van der Waals surface area contributed by atoms with Crippen LogP contribution in [0.1, 0.15) is 84.0 Å². The van der Waals surface area contributed by atoms with Crippen molar-refractivity contribution in [3.8, 4) is 0 Å². The van der Waals surface area contributed by atoms with E-state index in [0.29, 0.717) is 19.6 Å². The Morgan fingerprint density at radius 3 is 1.78 bits per heavy atom. The van der Waals surface area contributed by atoms with Crippen molar-refractivity contribution < 1.29 is 24.9 Å². The molecule has 0 unspecified atom stereocenters. The Kier molecular flexibility index (Phi) is 25.3. The maximum atomic E-state index is 10.5. The SMILES string of the molecule is CCCCCCO.O=C1CCCCCO1.OCCCCCCO. The normalized spacial score (nSPS) is 13.8. The topological polar surface area (TPSA) is 87.0 Å². The van der Waals surface area contributed by atoms with Crippen LogP contribution in [0.15, 0.2) is 0 Å². The highest BCUT2D eigenvalue weighted by molar-refractivity contribution is 5.69. The molecule has 1 aliphatic heterocycles. The standard InChI is InChI=1S/C6H10O2.C6H14O2.C6H14O/c7-6-4-2-1-3-5-8-6;7-5-3-1-2-4-6-8;1-2-3-4-5-6-7/h1-5H2;7-8H,1-6H2;7H,2-6H2,1H3. The summed E-state index contributed by atoms with van der Waals surface area (Å²) in [6.45, 7) is 3.73. The number of unbranched alkanes of at least 4 members (excludes halogenated alkanes) is 6. The fourth-order valence-electron chi connectivity index (χ4n) is 1.92. The predicted octanol–water partition coefficient (Wildman–Crippen LogP) is 3.19. The Bertz CT molecular complexity index is 201. The first-order chi connectivity index (χ1) is 11.2. The van der Waals surface area contributed by atoms with E-state index in [-0.39, 0.29) is 19.2 Å². The molecule has 1 heterocycles. The molecule has 0 bridgehead atoms. The van der Waals surface area contributed by atoms with Crippen molar-refractivity contribution in [2.24, 2.45) is 0 Å². The Hall–Kier alpha value is -0.650. The summed E-state index contributed by atoms with van der Waals surface area (Å²) >= 11 is 0. The third kappa shape index (κ3) is 26.6. The van der Waals surface area contributed by atoms with Gasteiger partial charge in [-0.3, -0.25) is 4.79 Å². The third-order valence-electron chi connectivity index (χ3n) is 3.37. The van der Waals surface area contributed by atoms with Gasteiger partial charge in [0.25, 0.3) is 0 Å². The molecule has 1 fully saturated rings. The van der Waals surface area contributed by atoms with Crippen molar-refractivity contribution in [2.75, 3.05) is 26.4 Å². The van der Waals surface area contributed by atoms with Gasteiger partial charge in [-0.2, -0.15) is 0 Å². The average molecular weight is 334 g/mol. The monoisotopic (exact) mass is 334 g/mol. The second kappa shape index (κ2) is 23.6. The van der Waals surface area contributed by atoms with Gasteiger partial charge in [-0.25, -0.2) is 0 Å². The Labute approximate surface area is 142 Å². The summed E-state index contributed by atoms with van der Waals surface area (Å²) in [5.74, 6) is -0.0255. The van der Waals surface area contributed by atoms with Crippen LogP contribution in [-0.4, -0.2) is 47.7 Å². The van der Waals surface area contributed by atoms with Gasteiger partial charge in [-0.1, -0.05) is 39.0 Å². The molecule has 3 N–H and O–H groups in total. The highest BCUT2D eigenvalue weighted by Crippen LogP contribution is 2.06. The highest BCUT2D eigenvalue weighted by Gasteiger charge is 2.05. The van der Waals surface area contributed by atoms with Crippen molar-refractivity contribution in [1.82, 2.24) is 0 Å². The largest absolute Gasteiger partial charge is 0.466 e. The van der Waals surface area contributed by atoms with Gasteiger partial charge in [0.1, 0.15) is 0 Å². The van der Waals surface area contributed by atoms with Gasteiger partial charge in [0.05, 0.1) is 6.61 Å². The van der Waals surface area contributed by atoms with E-state index >= 15 is 0 Å². The quantitative estimate of drug-likeness (QED) is 0.445. The number of ether oxygens (including phenoxy) is 1. The fourth-order valence-corrected chi connectivity index (χ4v) is 1.92. The number of aliphatic hydroxyl groups is 3. The summed E-state index contributed by atoms with van der Waals surface area (Å²) in [6.07, 6.45) is 12.3. The van der Waals surface area contributed by atoms with E-state index in [1.165, 1.54) is 19.3 Å². The van der Waals surface area contributed by atoms with Crippen LogP contribution in [0.2, 0.25) is 0 Å². The zero-order valence-corrected chi connectivity index (χ0v) is 15.0. The summed E-state index contributed by atoms with van der Waals surface area (Å²) < 4.78 is 4.76.